The number of nitrogens with two attached hydrogens (primary N) is 1. The molecule has 1 atom stereocenters. The number of anilines is 1. The average molecular weight is 572 g/mol. The fraction of sp³-hybridized carbons (Fsp3) is 0.467. The average Bonchev–Trinajstić information content (AvgIpc) is 3.33. The summed E-state index contributed by atoms with van der Waals surface area (Å²) in [7, 11) is 1.67. The predicted molar refractivity (Wildman–Crippen MR) is 153 cm³/mol. The third-order valence-corrected chi connectivity index (χ3v) is 7.07. The van der Waals surface area contributed by atoms with Crippen molar-refractivity contribution >= 4 is 18.2 Å². The van der Waals surface area contributed by atoms with Gasteiger partial charge in [0.1, 0.15) is 12.0 Å². The summed E-state index contributed by atoms with van der Waals surface area (Å²) in [5, 5.41) is 6.58. The first-order chi connectivity index (χ1) is 19.5. The zero-order valence-electron chi connectivity index (χ0n) is 24.0. The molecule has 0 spiro atoms. The Morgan fingerprint density at radius 1 is 1.27 bits per heavy atom. The highest BCUT2D eigenvalue weighted by atomic mass is 19.3. The quantitative estimate of drug-likeness (QED) is 0.394. The molecule has 11 heteroatoms. The zero-order valence-corrected chi connectivity index (χ0v) is 24.0. The third-order valence-electron chi connectivity index (χ3n) is 7.07. The monoisotopic (exact) mass is 571 g/mol. The van der Waals surface area contributed by atoms with E-state index in [1.54, 1.807) is 31.3 Å². The number of alkyl halides is 2. The number of allylic oxidation sites excluding steroid dienone is 6. The van der Waals surface area contributed by atoms with Crippen molar-refractivity contribution < 1.29 is 27.6 Å². The SMILES string of the molecule is CCC(F)(F)C1(Oc2ccc(C3C=CC=C(C=O)C=C3)cc2)CCN(c2nc(C(C)C)no2)CC1.CNCC(N)=O. The van der Waals surface area contributed by atoms with E-state index in [4.69, 9.17) is 15.0 Å². The Balaban J connectivity index is 0.000000696. The van der Waals surface area contributed by atoms with Gasteiger partial charge in [-0.05, 0) is 24.7 Å². The minimum absolute atomic E-state index is 0.0165. The van der Waals surface area contributed by atoms with Crippen LogP contribution in [0, 0.1) is 0 Å². The summed E-state index contributed by atoms with van der Waals surface area (Å²) in [5.41, 5.74) is 4.66. The molecule has 0 bridgehead atoms. The van der Waals surface area contributed by atoms with Crippen molar-refractivity contribution in [2.75, 3.05) is 31.6 Å². The summed E-state index contributed by atoms with van der Waals surface area (Å²) in [6.07, 6.45) is 10.0. The number of hydrogen-bond acceptors (Lipinski definition) is 8. The van der Waals surface area contributed by atoms with Gasteiger partial charge in [-0.1, -0.05) is 68.4 Å². The molecule has 1 aliphatic carbocycles. The molecular weight excluding hydrogens is 532 g/mol. The van der Waals surface area contributed by atoms with Gasteiger partial charge in [0.25, 0.3) is 5.92 Å². The predicted octanol–water partition coefficient (Wildman–Crippen LogP) is 4.68. The first kappa shape index (κ1) is 31.7. The van der Waals surface area contributed by atoms with Crippen LogP contribution in [0.3, 0.4) is 0 Å². The highest BCUT2D eigenvalue weighted by Gasteiger charge is 2.56. The van der Waals surface area contributed by atoms with Gasteiger partial charge in [0.2, 0.25) is 5.91 Å². The topological polar surface area (TPSA) is 124 Å². The summed E-state index contributed by atoms with van der Waals surface area (Å²) in [6.45, 7) is 6.35. The minimum Gasteiger partial charge on any atom is -0.481 e. The second kappa shape index (κ2) is 14.2. The Kier molecular flexibility index (Phi) is 10.9. The van der Waals surface area contributed by atoms with Crippen LogP contribution in [0.25, 0.3) is 0 Å². The Bertz CT molecular complexity index is 1250. The van der Waals surface area contributed by atoms with Crippen LogP contribution in [-0.2, 0) is 9.59 Å². The molecule has 3 N–H and O–H groups in total. The number of nitrogens with zero attached hydrogens (tertiary/aromatic N) is 3. The van der Waals surface area contributed by atoms with Crippen LogP contribution >= 0.6 is 0 Å². The van der Waals surface area contributed by atoms with Crippen molar-refractivity contribution in [1.29, 1.82) is 0 Å². The molecule has 41 heavy (non-hydrogen) atoms. The molecule has 0 saturated carbocycles. The summed E-state index contributed by atoms with van der Waals surface area (Å²) in [4.78, 5) is 27.0. The summed E-state index contributed by atoms with van der Waals surface area (Å²) in [5.74, 6) is -2.21. The van der Waals surface area contributed by atoms with E-state index in [0.29, 0.717) is 36.3 Å². The third kappa shape index (κ3) is 8.09. The smallest absolute Gasteiger partial charge is 0.324 e. The van der Waals surface area contributed by atoms with E-state index in [1.807, 2.05) is 49.1 Å². The summed E-state index contributed by atoms with van der Waals surface area (Å²) < 4.78 is 42.0. The molecule has 1 fully saturated rings. The van der Waals surface area contributed by atoms with Crippen LogP contribution in [0.5, 0.6) is 5.75 Å². The van der Waals surface area contributed by atoms with Crippen molar-refractivity contribution in [3.8, 4) is 5.75 Å². The number of benzene rings is 1. The van der Waals surface area contributed by atoms with E-state index in [0.717, 1.165) is 11.8 Å². The molecular formula is C30H39F2N5O4. The number of rotatable bonds is 10. The van der Waals surface area contributed by atoms with Crippen LogP contribution in [0.15, 0.2) is 64.7 Å². The summed E-state index contributed by atoms with van der Waals surface area (Å²) >= 11 is 0. The number of ether oxygens (including phenoxy) is 1. The Morgan fingerprint density at radius 2 is 1.95 bits per heavy atom. The lowest BCUT2D eigenvalue weighted by molar-refractivity contribution is -0.177. The maximum Gasteiger partial charge on any atom is 0.324 e. The summed E-state index contributed by atoms with van der Waals surface area (Å²) in [6, 6.07) is 7.59. The first-order valence-corrected chi connectivity index (χ1v) is 13.7. The van der Waals surface area contributed by atoms with E-state index in [9.17, 15) is 9.59 Å². The number of primary amides is 1. The van der Waals surface area contributed by atoms with E-state index in [2.05, 4.69) is 15.5 Å². The van der Waals surface area contributed by atoms with Gasteiger partial charge < -0.3 is 25.2 Å². The van der Waals surface area contributed by atoms with Crippen molar-refractivity contribution in [2.24, 2.45) is 5.73 Å². The van der Waals surface area contributed by atoms with Crippen molar-refractivity contribution in [1.82, 2.24) is 15.5 Å². The number of hydrogen-bond donors (Lipinski definition) is 2. The Hall–Kier alpha value is -3.86. The van der Waals surface area contributed by atoms with Gasteiger partial charge in [0, 0.05) is 49.8 Å². The van der Waals surface area contributed by atoms with E-state index in [1.165, 1.54) is 6.92 Å². The zero-order chi connectivity index (χ0) is 30.0. The lowest BCUT2D eigenvalue weighted by Crippen LogP contribution is -2.58. The van der Waals surface area contributed by atoms with Gasteiger partial charge >= 0.3 is 6.01 Å². The Morgan fingerprint density at radius 3 is 2.46 bits per heavy atom. The first-order valence-electron chi connectivity index (χ1n) is 13.7. The number of nitrogens with one attached hydrogen (secondary N) is 1. The molecule has 1 amide bonds. The minimum atomic E-state index is -3.00. The molecule has 4 rings (SSSR count). The van der Waals surface area contributed by atoms with E-state index in [-0.39, 0.29) is 43.6 Å². The molecule has 1 saturated heterocycles. The molecule has 1 aliphatic heterocycles. The highest BCUT2D eigenvalue weighted by Crippen LogP contribution is 2.44. The van der Waals surface area contributed by atoms with Gasteiger partial charge in [0.15, 0.2) is 11.4 Å². The van der Waals surface area contributed by atoms with Crippen LogP contribution in [0.4, 0.5) is 14.8 Å². The molecule has 2 heterocycles. The van der Waals surface area contributed by atoms with E-state index < -0.39 is 11.5 Å². The number of piperidine rings is 1. The molecule has 1 aromatic carbocycles. The van der Waals surface area contributed by atoms with Gasteiger partial charge in [-0.15, -0.1) is 0 Å². The lowest BCUT2D eigenvalue weighted by Gasteiger charge is -2.45. The second-order valence-electron chi connectivity index (χ2n) is 10.4. The van der Waals surface area contributed by atoms with Crippen LogP contribution < -0.4 is 20.7 Å². The van der Waals surface area contributed by atoms with Gasteiger partial charge in [-0.25, -0.2) is 8.78 Å². The lowest BCUT2D eigenvalue weighted by atomic mass is 9.83. The van der Waals surface area contributed by atoms with E-state index >= 15 is 8.78 Å². The van der Waals surface area contributed by atoms with Gasteiger partial charge in [0.05, 0.1) is 6.54 Å². The van der Waals surface area contributed by atoms with Crippen molar-refractivity contribution in [3.63, 3.8) is 0 Å². The molecule has 0 radical (unpaired) electrons. The molecule has 1 unspecified atom stereocenters. The van der Waals surface area contributed by atoms with Gasteiger partial charge in [-0.3, -0.25) is 9.59 Å². The number of amides is 1. The number of carbonyl (C=O) groups is 2. The number of likely N-dealkylation sites (N-methyl/N-ethyl adjacent to an activating group) is 1. The number of halogens is 2. The number of carbonyl (C=O) groups excluding carboxylic acids is 2. The largest absolute Gasteiger partial charge is 0.481 e. The number of aldehydes is 1. The molecule has 222 valence electrons. The second-order valence-corrected chi connectivity index (χ2v) is 10.4. The fourth-order valence-electron chi connectivity index (χ4n) is 4.59. The van der Waals surface area contributed by atoms with Crippen LogP contribution in [-0.4, -0.2) is 60.5 Å². The van der Waals surface area contributed by atoms with Crippen LogP contribution in [0.1, 0.15) is 63.3 Å². The molecule has 9 nitrogen and oxygen atoms in total. The molecule has 2 aliphatic rings. The fourth-order valence-corrected chi connectivity index (χ4v) is 4.59. The molecule has 1 aromatic heterocycles. The van der Waals surface area contributed by atoms with Crippen LogP contribution in [0.2, 0.25) is 0 Å². The van der Waals surface area contributed by atoms with Crippen molar-refractivity contribution in [3.05, 3.63) is 71.6 Å². The Labute approximate surface area is 239 Å². The van der Waals surface area contributed by atoms with Gasteiger partial charge in [-0.2, -0.15) is 4.98 Å². The maximum absolute atomic E-state index is 15.3. The normalized spacial score (nSPS) is 18.3. The standard InChI is InChI=1S/C27H31F2N3O3.C3H8N2O/c1-4-27(28,29)26(14-16-32(17-15-26)25-30-24(19(2)3)31-35-25)34-23-12-10-22(11-13-23)21-7-5-6-20(18-33)8-9-21;1-5-2-3(4)6/h5-13,18-19,21H,4,14-17H2,1-3H3;5H,2H2,1H3,(H2,4,6). The maximum atomic E-state index is 15.3. The van der Waals surface area contributed by atoms with Crippen molar-refractivity contribution in [2.45, 2.75) is 63.4 Å². The highest BCUT2D eigenvalue weighted by molar-refractivity contribution is 5.78. The number of aromatic nitrogens is 2. The molecule has 2 aromatic rings.